The number of hydrogen-bond donors (Lipinski definition) is 2. The lowest BCUT2D eigenvalue weighted by Gasteiger charge is -2.30. The number of halogens is 3. The molecule has 0 bridgehead atoms. The Balaban J connectivity index is 2.25. The van der Waals surface area contributed by atoms with Crippen LogP contribution in [0.3, 0.4) is 0 Å². The zero-order chi connectivity index (χ0) is 12.9. The number of carbonyl (C=O) groups excluding carboxylic acids is 1. The minimum atomic E-state index is -4.08. The van der Waals surface area contributed by atoms with Crippen molar-refractivity contribution in [1.82, 2.24) is 10.6 Å². The van der Waals surface area contributed by atoms with Crippen molar-refractivity contribution in [2.45, 2.75) is 44.3 Å². The van der Waals surface area contributed by atoms with Crippen LogP contribution in [0.2, 0.25) is 0 Å². The first-order valence-electron chi connectivity index (χ1n) is 5.94. The second kappa shape index (κ2) is 6.23. The predicted molar refractivity (Wildman–Crippen MR) is 58.5 cm³/mol. The van der Waals surface area contributed by atoms with Crippen LogP contribution in [0.4, 0.5) is 13.2 Å². The van der Waals surface area contributed by atoms with Crippen LogP contribution in [-0.4, -0.2) is 31.7 Å². The van der Waals surface area contributed by atoms with Gasteiger partial charge in [0.05, 0.1) is 5.92 Å². The van der Waals surface area contributed by atoms with E-state index in [9.17, 15) is 18.0 Å². The Labute approximate surface area is 99.1 Å². The molecule has 0 atom stereocenters. The molecular formula is C11H19F3N2O. The Morgan fingerprint density at radius 3 is 2.29 bits per heavy atom. The molecule has 17 heavy (non-hydrogen) atoms. The molecule has 0 heterocycles. The van der Waals surface area contributed by atoms with Crippen LogP contribution in [0.1, 0.15) is 32.1 Å². The average Bonchev–Trinajstić information content (AvgIpc) is 2.26. The SMILES string of the molecule is CNCCC(=O)NC1CCC(C(F)(F)F)CC1. The topological polar surface area (TPSA) is 41.1 Å². The molecule has 1 aliphatic carbocycles. The lowest BCUT2D eigenvalue weighted by atomic mass is 9.85. The van der Waals surface area contributed by atoms with Crippen LogP contribution in [-0.2, 0) is 4.79 Å². The Kier molecular flexibility index (Phi) is 5.24. The van der Waals surface area contributed by atoms with E-state index in [4.69, 9.17) is 0 Å². The number of hydrogen-bond acceptors (Lipinski definition) is 2. The van der Waals surface area contributed by atoms with Gasteiger partial charge in [-0.1, -0.05) is 0 Å². The molecule has 0 spiro atoms. The molecule has 1 rings (SSSR count). The quantitative estimate of drug-likeness (QED) is 0.801. The molecule has 1 fully saturated rings. The highest BCUT2D eigenvalue weighted by Crippen LogP contribution is 2.37. The van der Waals surface area contributed by atoms with E-state index >= 15 is 0 Å². The molecule has 1 amide bonds. The lowest BCUT2D eigenvalue weighted by Crippen LogP contribution is -2.40. The van der Waals surface area contributed by atoms with Crippen LogP contribution in [0.15, 0.2) is 0 Å². The van der Waals surface area contributed by atoms with Gasteiger partial charge in [0.25, 0.3) is 0 Å². The number of alkyl halides is 3. The van der Waals surface area contributed by atoms with Crippen molar-refractivity contribution >= 4 is 5.91 Å². The highest BCUT2D eigenvalue weighted by molar-refractivity contribution is 5.76. The maximum absolute atomic E-state index is 12.4. The summed E-state index contributed by atoms with van der Waals surface area (Å²) >= 11 is 0. The second-order valence-corrected chi connectivity index (χ2v) is 4.51. The first-order chi connectivity index (χ1) is 7.93. The fourth-order valence-electron chi connectivity index (χ4n) is 2.10. The van der Waals surface area contributed by atoms with E-state index in [1.165, 1.54) is 0 Å². The van der Waals surface area contributed by atoms with Crippen molar-refractivity contribution in [2.24, 2.45) is 5.92 Å². The molecule has 1 saturated carbocycles. The summed E-state index contributed by atoms with van der Waals surface area (Å²) in [5.74, 6) is -1.28. The van der Waals surface area contributed by atoms with Crippen molar-refractivity contribution < 1.29 is 18.0 Å². The molecule has 6 heteroatoms. The summed E-state index contributed by atoms with van der Waals surface area (Å²) in [7, 11) is 1.75. The Morgan fingerprint density at radius 1 is 1.24 bits per heavy atom. The maximum atomic E-state index is 12.4. The smallest absolute Gasteiger partial charge is 0.353 e. The third kappa shape index (κ3) is 4.93. The van der Waals surface area contributed by atoms with E-state index in [1.807, 2.05) is 0 Å². The molecule has 3 nitrogen and oxygen atoms in total. The van der Waals surface area contributed by atoms with Crippen molar-refractivity contribution in [2.75, 3.05) is 13.6 Å². The van der Waals surface area contributed by atoms with Crippen LogP contribution in [0.25, 0.3) is 0 Å². The Morgan fingerprint density at radius 2 is 1.82 bits per heavy atom. The highest BCUT2D eigenvalue weighted by atomic mass is 19.4. The van der Waals surface area contributed by atoms with E-state index < -0.39 is 12.1 Å². The van der Waals surface area contributed by atoms with E-state index in [2.05, 4.69) is 10.6 Å². The second-order valence-electron chi connectivity index (χ2n) is 4.51. The molecule has 0 radical (unpaired) electrons. The van der Waals surface area contributed by atoms with Crippen LogP contribution >= 0.6 is 0 Å². The van der Waals surface area contributed by atoms with E-state index in [0.29, 0.717) is 25.8 Å². The summed E-state index contributed by atoms with van der Waals surface area (Å²) in [5.41, 5.74) is 0. The third-order valence-corrected chi connectivity index (χ3v) is 3.16. The molecular weight excluding hydrogens is 233 g/mol. The zero-order valence-corrected chi connectivity index (χ0v) is 9.94. The third-order valence-electron chi connectivity index (χ3n) is 3.16. The minimum Gasteiger partial charge on any atom is -0.353 e. The molecule has 1 aliphatic rings. The fraction of sp³-hybridized carbons (Fsp3) is 0.909. The van der Waals surface area contributed by atoms with Crippen LogP contribution in [0.5, 0.6) is 0 Å². The molecule has 0 unspecified atom stereocenters. The van der Waals surface area contributed by atoms with Gasteiger partial charge in [0.15, 0.2) is 0 Å². The number of carbonyl (C=O) groups is 1. The Bertz CT molecular complexity index is 248. The minimum absolute atomic E-state index is 0.0852. The largest absolute Gasteiger partial charge is 0.391 e. The van der Waals surface area contributed by atoms with E-state index in [-0.39, 0.29) is 24.8 Å². The number of rotatable bonds is 4. The summed E-state index contributed by atoms with van der Waals surface area (Å²) in [6, 6.07) is -0.0852. The summed E-state index contributed by atoms with van der Waals surface area (Å²) in [6.07, 6.45) is -2.61. The van der Waals surface area contributed by atoms with Gasteiger partial charge in [-0.05, 0) is 32.7 Å². The van der Waals surface area contributed by atoms with Gasteiger partial charge in [-0.2, -0.15) is 13.2 Å². The summed E-state index contributed by atoms with van der Waals surface area (Å²) in [5, 5.41) is 5.63. The molecule has 0 aromatic heterocycles. The van der Waals surface area contributed by atoms with E-state index in [1.54, 1.807) is 7.05 Å². The van der Waals surface area contributed by atoms with Gasteiger partial charge >= 0.3 is 6.18 Å². The monoisotopic (exact) mass is 252 g/mol. The lowest BCUT2D eigenvalue weighted by molar-refractivity contribution is -0.182. The van der Waals surface area contributed by atoms with Crippen LogP contribution in [0, 0.1) is 5.92 Å². The summed E-state index contributed by atoms with van der Waals surface area (Å²) in [4.78, 5) is 11.4. The van der Waals surface area contributed by atoms with Gasteiger partial charge < -0.3 is 10.6 Å². The zero-order valence-electron chi connectivity index (χ0n) is 9.94. The van der Waals surface area contributed by atoms with Crippen molar-refractivity contribution in [3.8, 4) is 0 Å². The normalized spacial score (nSPS) is 25.6. The van der Waals surface area contributed by atoms with E-state index in [0.717, 1.165) is 0 Å². The molecule has 0 aromatic rings. The fourth-order valence-corrected chi connectivity index (χ4v) is 2.10. The van der Waals surface area contributed by atoms with Gasteiger partial charge in [0, 0.05) is 19.0 Å². The molecule has 0 saturated heterocycles. The van der Waals surface area contributed by atoms with Gasteiger partial charge in [-0.15, -0.1) is 0 Å². The summed E-state index contributed by atoms with van der Waals surface area (Å²) in [6.45, 7) is 0.587. The number of amides is 1. The van der Waals surface area contributed by atoms with Gasteiger partial charge in [-0.3, -0.25) is 4.79 Å². The van der Waals surface area contributed by atoms with Gasteiger partial charge in [-0.25, -0.2) is 0 Å². The van der Waals surface area contributed by atoms with Crippen LogP contribution < -0.4 is 10.6 Å². The first-order valence-corrected chi connectivity index (χ1v) is 5.94. The molecule has 0 aliphatic heterocycles. The van der Waals surface area contributed by atoms with Crippen molar-refractivity contribution in [3.05, 3.63) is 0 Å². The Hall–Kier alpha value is -0.780. The molecule has 2 N–H and O–H groups in total. The summed E-state index contributed by atoms with van der Waals surface area (Å²) < 4.78 is 37.2. The standard InChI is InChI=1S/C11H19F3N2O/c1-15-7-6-10(17)16-9-4-2-8(3-5-9)11(12,13)14/h8-9,15H,2-7H2,1H3,(H,16,17). The first kappa shape index (κ1) is 14.3. The van der Waals surface area contributed by atoms with Crippen molar-refractivity contribution in [1.29, 1.82) is 0 Å². The maximum Gasteiger partial charge on any atom is 0.391 e. The highest BCUT2D eigenvalue weighted by Gasteiger charge is 2.41. The van der Waals surface area contributed by atoms with Gasteiger partial charge in [0.1, 0.15) is 0 Å². The molecule has 100 valence electrons. The molecule has 0 aromatic carbocycles. The van der Waals surface area contributed by atoms with Crippen molar-refractivity contribution in [3.63, 3.8) is 0 Å². The predicted octanol–water partition coefficient (Wildman–Crippen LogP) is 1.83. The number of nitrogens with one attached hydrogen (secondary N) is 2. The average molecular weight is 252 g/mol. The van der Waals surface area contributed by atoms with Gasteiger partial charge in [0.2, 0.25) is 5.91 Å².